The molecule has 1 heterocycles. The molecule has 0 aliphatic heterocycles. The van der Waals surface area contributed by atoms with Gasteiger partial charge in [0.2, 0.25) is 0 Å². The Kier molecular flexibility index (Phi) is 3.18. The number of aryl methyl sites for hydroxylation is 1. The first-order valence-corrected chi connectivity index (χ1v) is 7.28. The fraction of sp³-hybridized carbons (Fsp3) is 0.250. The van der Waals surface area contributed by atoms with Gasteiger partial charge in [-0.05, 0) is 31.4 Å². The largest absolute Gasteiger partial charge is 0.240 e. The molecule has 1 saturated carbocycles. The Morgan fingerprint density at radius 1 is 1.37 bits per heavy atom. The predicted molar refractivity (Wildman–Crippen MR) is 78.8 cm³/mol. The maximum atomic E-state index is 9.31. The van der Waals surface area contributed by atoms with Crippen LogP contribution in [0.25, 0.3) is 11.6 Å². The number of hydrogen-bond donors (Lipinski definition) is 0. The van der Waals surface area contributed by atoms with Crippen LogP contribution in [0.2, 0.25) is 0 Å². The van der Waals surface area contributed by atoms with E-state index in [-0.39, 0.29) is 0 Å². The molecule has 1 aromatic heterocycles. The van der Waals surface area contributed by atoms with Crippen LogP contribution in [0, 0.1) is 18.3 Å². The second-order valence-corrected chi connectivity index (χ2v) is 5.79. The van der Waals surface area contributed by atoms with E-state index in [4.69, 9.17) is 0 Å². The first kappa shape index (κ1) is 12.1. The minimum absolute atomic E-state index is 0.643. The van der Waals surface area contributed by atoms with Gasteiger partial charge in [-0.15, -0.1) is 11.3 Å². The summed E-state index contributed by atoms with van der Waals surface area (Å²) in [5.74, 6) is 0.643. The van der Waals surface area contributed by atoms with Crippen LogP contribution >= 0.6 is 11.3 Å². The molecular weight excluding hydrogens is 252 g/mol. The lowest BCUT2D eigenvalue weighted by Gasteiger charge is -1.96. The third kappa shape index (κ3) is 2.74. The van der Waals surface area contributed by atoms with E-state index < -0.39 is 0 Å². The predicted octanol–water partition coefficient (Wildman–Crippen LogP) is 4.39. The van der Waals surface area contributed by atoms with E-state index in [1.807, 2.05) is 18.2 Å². The molecule has 2 nitrogen and oxygen atoms in total. The van der Waals surface area contributed by atoms with Gasteiger partial charge in [-0.3, -0.25) is 0 Å². The van der Waals surface area contributed by atoms with Gasteiger partial charge in [0, 0.05) is 11.3 Å². The van der Waals surface area contributed by atoms with Gasteiger partial charge in [0.15, 0.2) is 0 Å². The fourth-order valence-electron chi connectivity index (χ4n) is 1.95. The SMILES string of the molecule is Cc1ccc(C=C(C#N)c2nc(C3CC3)cs2)cc1. The number of thiazole rings is 1. The van der Waals surface area contributed by atoms with E-state index in [2.05, 4.69) is 35.5 Å². The summed E-state index contributed by atoms with van der Waals surface area (Å²) in [5.41, 5.74) is 4.08. The van der Waals surface area contributed by atoms with Crippen molar-refractivity contribution in [3.05, 3.63) is 51.5 Å². The second-order valence-electron chi connectivity index (χ2n) is 4.93. The molecule has 0 saturated heterocycles. The quantitative estimate of drug-likeness (QED) is 0.772. The highest BCUT2D eigenvalue weighted by molar-refractivity contribution is 7.11. The smallest absolute Gasteiger partial charge is 0.134 e. The molecule has 3 rings (SSSR count). The molecule has 0 atom stereocenters. The fourth-order valence-corrected chi connectivity index (χ4v) is 2.81. The van der Waals surface area contributed by atoms with E-state index in [0.717, 1.165) is 16.3 Å². The number of allylic oxidation sites excluding steroid dienone is 1. The van der Waals surface area contributed by atoms with E-state index in [1.54, 1.807) is 11.3 Å². The molecule has 3 heteroatoms. The molecular formula is C16H14N2S. The Morgan fingerprint density at radius 2 is 2.11 bits per heavy atom. The number of nitriles is 1. The van der Waals surface area contributed by atoms with E-state index >= 15 is 0 Å². The van der Waals surface area contributed by atoms with Crippen molar-refractivity contribution >= 4 is 23.0 Å². The lowest BCUT2D eigenvalue weighted by molar-refractivity contribution is 1.05. The van der Waals surface area contributed by atoms with Crippen LogP contribution in [0.5, 0.6) is 0 Å². The third-order valence-corrected chi connectivity index (χ3v) is 4.15. The molecule has 19 heavy (non-hydrogen) atoms. The monoisotopic (exact) mass is 266 g/mol. The molecule has 1 fully saturated rings. The van der Waals surface area contributed by atoms with Crippen LogP contribution in [0.15, 0.2) is 29.6 Å². The van der Waals surface area contributed by atoms with Gasteiger partial charge in [-0.25, -0.2) is 4.98 Å². The molecule has 1 aromatic carbocycles. The lowest BCUT2D eigenvalue weighted by Crippen LogP contribution is -1.84. The van der Waals surface area contributed by atoms with Crippen LogP contribution in [0.3, 0.4) is 0 Å². The average molecular weight is 266 g/mol. The van der Waals surface area contributed by atoms with Crippen LogP contribution in [-0.2, 0) is 0 Å². The lowest BCUT2D eigenvalue weighted by atomic mass is 10.1. The molecule has 0 radical (unpaired) electrons. The van der Waals surface area contributed by atoms with Gasteiger partial charge in [0.05, 0.1) is 11.3 Å². The minimum atomic E-state index is 0.643. The number of hydrogen-bond acceptors (Lipinski definition) is 3. The summed E-state index contributed by atoms with van der Waals surface area (Å²) < 4.78 is 0. The molecule has 0 bridgehead atoms. The maximum Gasteiger partial charge on any atom is 0.134 e. The number of aromatic nitrogens is 1. The second kappa shape index (κ2) is 4.99. The molecule has 1 aliphatic rings. The van der Waals surface area contributed by atoms with Gasteiger partial charge in [0.1, 0.15) is 11.1 Å². The summed E-state index contributed by atoms with van der Waals surface area (Å²) in [6, 6.07) is 10.4. The molecule has 0 spiro atoms. The minimum Gasteiger partial charge on any atom is -0.240 e. The van der Waals surface area contributed by atoms with Crippen molar-refractivity contribution in [2.45, 2.75) is 25.7 Å². The summed E-state index contributed by atoms with van der Waals surface area (Å²) in [4.78, 5) is 4.58. The van der Waals surface area contributed by atoms with Crippen LogP contribution in [-0.4, -0.2) is 4.98 Å². The zero-order chi connectivity index (χ0) is 13.2. The van der Waals surface area contributed by atoms with Crippen molar-refractivity contribution in [3.63, 3.8) is 0 Å². The van der Waals surface area contributed by atoms with Gasteiger partial charge >= 0.3 is 0 Å². The molecule has 0 amide bonds. The van der Waals surface area contributed by atoms with E-state index in [1.165, 1.54) is 18.4 Å². The summed E-state index contributed by atoms with van der Waals surface area (Å²) in [6.07, 6.45) is 4.40. The summed E-state index contributed by atoms with van der Waals surface area (Å²) >= 11 is 1.57. The van der Waals surface area contributed by atoms with Crippen molar-refractivity contribution < 1.29 is 0 Å². The summed E-state index contributed by atoms with van der Waals surface area (Å²) in [5, 5.41) is 12.2. The topological polar surface area (TPSA) is 36.7 Å². The number of benzene rings is 1. The first-order valence-electron chi connectivity index (χ1n) is 6.40. The average Bonchev–Trinajstić information content (AvgIpc) is 3.17. The molecule has 0 N–H and O–H groups in total. The number of rotatable bonds is 3. The van der Waals surface area contributed by atoms with Crippen LogP contribution in [0.1, 0.15) is 40.6 Å². The van der Waals surface area contributed by atoms with Crippen LogP contribution in [0.4, 0.5) is 0 Å². The van der Waals surface area contributed by atoms with E-state index in [0.29, 0.717) is 11.5 Å². The van der Waals surface area contributed by atoms with Crippen molar-refractivity contribution in [1.29, 1.82) is 5.26 Å². The van der Waals surface area contributed by atoms with E-state index in [9.17, 15) is 5.26 Å². The zero-order valence-corrected chi connectivity index (χ0v) is 11.6. The highest BCUT2D eigenvalue weighted by Crippen LogP contribution is 2.40. The molecule has 1 aliphatic carbocycles. The van der Waals surface area contributed by atoms with Crippen LogP contribution < -0.4 is 0 Å². The van der Waals surface area contributed by atoms with Crippen molar-refractivity contribution in [2.24, 2.45) is 0 Å². The van der Waals surface area contributed by atoms with Gasteiger partial charge in [-0.2, -0.15) is 5.26 Å². The summed E-state index contributed by atoms with van der Waals surface area (Å²) in [6.45, 7) is 2.06. The van der Waals surface area contributed by atoms with Gasteiger partial charge in [0.25, 0.3) is 0 Å². The van der Waals surface area contributed by atoms with Gasteiger partial charge < -0.3 is 0 Å². The van der Waals surface area contributed by atoms with Crippen molar-refractivity contribution in [1.82, 2.24) is 4.98 Å². The Balaban J connectivity index is 1.90. The standard InChI is InChI=1S/C16H14N2S/c1-11-2-4-12(5-3-11)8-14(9-17)16-18-15(10-19-16)13-6-7-13/h2-5,8,10,13H,6-7H2,1H3. The van der Waals surface area contributed by atoms with Crippen molar-refractivity contribution in [2.75, 3.05) is 0 Å². The Bertz CT molecular complexity index is 655. The normalized spacial score (nSPS) is 15.3. The number of nitrogens with zero attached hydrogens (tertiary/aromatic N) is 2. The first-order chi connectivity index (χ1) is 9.26. The maximum absolute atomic E-state index is 9.31. The highest BCUT2D eigenvalue weighted by atomic mass is 32.1. The van der Waals surface area contributed by atoms with Gasteiger partial charge in [-0.1, -0.05) is 29.8 Å². The summed E-state index contributed by atoms with van der Waals surface area (Å²) in [7, 11) is 0. The molecule has 0 unspecified atom stereocenters. The molecule has 94 valence electrons. The highest BCUT2D eigenvalue weighted by Gasteiger charge is 2.26. The third-order valence-electron chi connectivity index (χ3n) is 3.26. The molecule has 2 aromatic rings. The zero-order valence-electron chi connectivity index (χ0n) is 10.8. The Morgan fingerprint density at radius 3 is 2.74 bits per heavy atom. The van der Waals surface area contributed by atoms with Crippen molar-refractivity contribution in [3.8, 4) is 6.07 Å². The Labute approximate surface area is 117 Å². The Hall–Kier alpha value is -1.92.